The second-order valence-electron chi connectivity index (χ2n) is 4.56. The van der Waals surface area contributed by atoms with Gasteiger partial charge in [0.1, 0.15) is 6.04 Å². The van der Waals surface area contributed by atoms with E-state index in [0.29, 0.717) is 0 Å². The average Bonchev–Trinajstić information content (AvgIpc) is 2.24. The quantitative estimate of drug-likeness (QED) is 0.743. The lowest BCUT2D eigenvalue weighted by Crippen LogP contribution is -2.55. The predicted molar refractivity (Wildman–Crippen MR) is 65.1 cm³/mol. The van der Waals surface area contributed by atoms with Crippen molar-refractivity contribution in [2.75, 3.05) is 25.1 Å². The highest BCUT2D eigenvalue weighted by Crippen LogP contribution is 2.14. The summed E-state index contributed by atoms with van der Waals surface area (Å²) in [7, 11) is -1.69. The van der Waals surface area contributed by atoms with E-state index in [1.165, 1.54) is 18.9 Å². The van der Waals surface area contributed by atoms with Gasteiger partial charge in [-0.25, -0.2) is 18.0 Å². The molecule has 8 heteroatoms. The van der Waals surface area contributed by atoms with Gasteiger partial charge in [-0.2, -0.15) is 0 Å². The summed E-state index contributed by atoms with van der Waals surface area (Å²) in [5.74, 6) is -1.24. The minimum absolute atomic E-state index is 0.0711. The SMILES string of the molecule is CC(C(=O)O)N(C)C(=O)N1CCS(=O)(=O)CC1C. The van der Waals surface area contributed by atoms with Gasteiger partial charge in [0.25, 0.3) is 0 Å². The van der Waals surface area contributed by atoms with Gasteiger partial charge in [0.15, 0.2) is 9.84 Å². The lowest BCUT2D eigenvalue weighted by Gasteiger charge is -2.36. The van der Waals surface area contributed by atoms with Crippen LogP contribution >= 0.6 is 0 Å². The Balaban J connectivity index is 2.77. The van der Waals surface area contributed by atoms with Gasteiger partial charge >= 0.3 is 12.0 Å². The fourth-order valence-electron chi connectivity index (χ4n) is 1.82. The van der Waals surface area contributed by atoms with E-state index >= 15 is 0 Å². The molecule has 1 N–H and O–H groups in total. The molecular weight excluding hydrogens is 260 g/mol. The molecule has 104 valence electrons. The van der Waals surface area contributed by atoms with E-state index in [-0.39, 0.29) is 18.1 Å². The number of carboxylic acids is 1. The van der Waals surface area contributed by atoms with Crippen LogP contribution in [-0.4, -0.2) is 72.5 Å². The fraction of sp³-hybridized carbons (Fsp3) is 0.800. The summed E-state index contributed by atoms with van der Waals surface area (Å²) in [4.78, 5) is 25.4. The Hall–Kier alpha value is -1.31. The second kappa shape index (κ2) is 5.13. The lowest BCUT2D eigenvalue weighted by molar-refractivity contribution is -0.141. The third-order valence-electron chi connectivity index (χ3n) is 3.16. The number of carbonyl (C=O) groups excluding carboxylic acids is 1. The molecule has 2 unspecified atom stereocenters. The van der Waals surface area contributed by atoms with Gasteiger partial charge in [0.2, 0.25) is 0 Å². The van der Waals surface area contributed by atoms with E-state index < -0.39 is 33.9 Å². The van der Waals surface area contributed by atoms with Crippen LogP contribution in [0.5, 0.6) is 0 Å². The lowest BCUT2D eigenvalue weighted by atomic mass is 10.3. The van der Waals surface area contributed by atoms with Crippen molar-refractivity contribution in [3.05, 3.63) is 0 Å². The van der Waals surface area contributed by atoms with E-state index in [4.69, 9.17) is 5.11 Å². The summed E-state index contributed by atoms with van der Waals surface area (Å²) < 4.78 is 22.8. The number of urea groups is 1. The van der Waals surface area contributed by atoms with Crippen LogP contribution in [0.25, 0.3) is 0 Å². The predicted octanol–water partition coefficient (Wildman–Crippen LogP) is -0.370. The van der Waals surface area contributed by atoms with Crippen LogP contribution in [0.1, 0.15) is 13.8 Å². The molecule has 0 aromatic rings. The molecule has 1 heterocycles. The van der Waals surface area contributed by atoms with Gasteiger partial charge in [-0.3, -0.25) is 0 Å². The van der Waals surface area contributed by atoms with E-state index in [1.807, 2.05) is 0 Å². The van der Waals surface area contributed by atoms with E-state index in [9.17, 15) is 18.0 Å². The van der Waals surface area contributed by atoms with Gasteiger partial charge in [-0.15, -0.1) is 0 Å². The summed E-state index contributed by atoms with van der Waals surface area (Å²) in [5.41, 5.74) is 0. The standard InChI is InChI=1S/C10H18N2O5S/c1-7-6-18(16,17)5-4-12(7)10(15)11(3)8(2)9(13)14/h7-8H,4-6H2,1-3H3,(H,13,14). The average molecular weight is 278 g/mol. The van der Waals surface area contributed by atoms with Crippen LogP contribution in [-0.2, 0) is 14.6 Å². The molecule has 2 atom stereocenters. The first kappa shape index (κ1) is 14.7. The number of likely N-dealkylation sites (N-methyl/N-ethyl adjacent to an activating group) is 1. The van der Waals surface area contributed by atoms with Crippen molar-refractivity contribution in [1.82, 2.24) is 9.80 Å². The van der Waals surface area contributed by atoms with Crippen molar-refractivity contribution >= 4 is 21.8 Å². The normalized spacial score (nSPS) is 24.4. The number of nitrogens with zero attached hydrogens (tertiary/aromatic N) is 2. The highest BCUT2D eigenvalue weighted by atomic mass is 32.2. The second-order valence-corrected chi connectivity index (χ2v) is 6.79. The summed E-state index contributed by atoms with van der Waals surface area (Å²) in [6.07, 6.45) is 0. The third-order valence-corrected chi connectivity index (χ3v) is 4.95. The Morgan fingerprint density at radius 1 is 1.44 bits per heavy atom. The van der Waals surface area contributed by atoms with E-state index in [2.05, 4.69) is 0 Å². The molecule has 0 aromatic heterocycles. The monoisotopic (exact) mass is 278 g/mol. The maximum Gasteiger partial charge on any atom is 0.326 e. The Labute approximate surface area is 106 Å². The molecule has 0 aliphatic carbocycles. The van der Waals surface area contributed by atoms with Crippen molar-refractivity contribution in [3.63, 3.8) is 0 Å². The van der Waals surface area contributed by atoms with Crippen LogP contribution in [0.4, 0.5) is 4.79 Å². The van der Waals surface area contributed by atoms with Crippen molar-refractivity contribution < 1.29 is 23.1 Å². The number of sulfone groups is 1. The van der Waals surface area contributed by atoms with Crippen molar-refractivity contribution in [2.24, 2.45) is 0 Å². The van der Waals surface area contributed by atoms with Crippen molar-refractivity contribution in [1.29, 1.82) is 0 Å². The fourth-order valence-corrected chi connectivity index (χ4v) is 3.37. The highest BCUT2D eigenvalue weighted by Gasteiger charge is 2.34. The highest BCUT2D eigenvalue weighted by molar-refractivity contribution is 7.91. The molecule has 0 saturated carbocycles. The Morgan fingerprint density at radius 2 is 2.00 bits per heavy atom. The maximum absolute atomic E-state index is 12.1. The zero-order chi connectivity index (χ0) is 14.1. The molecule has 18 heavy (non-hydrogen) atoms. The van der Waals surface area contributed by atoms with Gasteiger partial charge in [0, 0.05) is 19.6 Å². The Morgan fingerprint density at radius 3 is 2.44 bits per heavy atom. The third kappa shape index (κ3) is 3.12. The summed E-state index contributed by atoms with van der Waals surface area (Å²) in [6, 6.07) is -1.82. The largest absolute Gasteiger partial charge is 0.480 e. The smallest absolute Gasteiger partial charge is 0.326 e. The van der Waals surface area contributed by atoms with Crippen LogP contribution in [0.15, 0.2) is 0 Å². The number of amides is 2. The maximum atomic E-state index is 12.1. The zero-order valence-corrected chi connectivity index (χ0v) is 11.5. The summed E-state index contributed by atoms with van der Waals surface area (Å²) >= 11 is 0. The van der Waals surface area contributed by atoms with Crippen molar-refractivity contribution in [3.8, 4) is 0 Å². The van der Waals surface area contributed by atoms with Gasteiger partial charge in [-0.1, -0.05) is 0 Å². The van der Waals surface area contributed by atoms with Crippen molar-refractivity contribution in [2.45, 2.75) is 25.9 Å². The summed E-state index contributed by atoms with van der Waals surface area (Å²) in [6.45, 7) is 3.17. The van der Waals surface area contributed by atoms with Crippen LogP contribution < -0.4 is 0 Å². The Kier molecular flexibility index (Phi) is 4.20. The number of aliphatic carboxylic acids is 1. The molecule has 1 rings (SSSR count). The van der Waals surface area contributed by atoms with Gasteiger partial charge in [-0.05, 0) is 13.8 Å². The molecule has 0 aromatic carbocycles. The molecule has 1 aliphatic heterocycles. The molecule has 2 amide bonds. The van der Waals surface area contributed by atoms with E-state index in [1.54, 1.807) is 6.92 Å². The van der Waals surface area contributed by atoms with Gasteiger partial charge < -0.3 is 14.9 Å². The first-order valence-electron chi connectivity index (χ1n) is 5.62. The molecular formula is C10H18N2O5S. The first-order valence-corrected chi connectivity index (χ1v) is 7.44. The van der Waals surface area contributed by atoms with Crippen LogP contribution in [0.3, 0.4) is 0 Å². The molecule has 1 fully saturated rings. The molecule has 0 bridgehead atoms. The number of hydrogen-bond donors (Lipinski definition) is 1. The Bertz CT molecular complexity index is 447. The molecule has 0 radical (unpaired) electrons. The topological polar surface area (TPSA) is 95.0 Å². The molecule has 7 nitrogen and oxygen atoms in total. The number of carboxylic acid groups (broad SMARTS) is 1. The minimum Gasteiger partial charge on any atom is -0.480 e. The molecule has 1 saturated heterocycles. The zero-order valence-electron chi connectivity index (χ0n) is 10.7. The minimum atomic E-state index is -3.09. The number of carbonyl (C=O) groups is 2. The number of rotatable bonds is 2. The number of hydrogen-bond acceptors (Lipinski definition) is 4. The molecule has 1 aliphatic rings. The first-order chi connectivity index (χ1) is 8.15. The van der Waals surface area contributed by atoms with Crippen LogP contribution in [0.2, 0.25) is 0 Å². The van der Waals surface area contributed by atoms with Crippen LogP contribution in [0, 0.1) is 0 Å². The van der Waals surface area contributed by atoms with E-state index in [0.717, 1.165) is 4.90 Å². The summed E-state index contributed by atoms with van der Waals surface area (Å²) in [5, 5.41) is 8.84. The van der Waals surface area contributed by atoms with Gasteiger partial charge in [0.05, 0.1) is 11.5 Å². The molecule has 0 spiro atoms.